The Labute approximate surface area is 191 Å². The number of nitrogens with zero attached hydrogens (tertiary/aromatic N) is 4. The van der Waals surface area contributed by atoms with Gasteiger partial charge in [0, 0.05) is 41.2 Å². The molecule has 7 nitrogen and oxygen atoms in total. The second-order valence-corrected chi connectivity index (χ2v) is 7.11. The first-order valence-electron chi connectivity index (χ1n) is 10.3. The molecule has 0 amide bonds. The molecule has 0 fully saturated rings. The van der Waals surface area contributed by atoms with Crippen molar-refractivity contribution in [1.29, 1.82) is 0 Å². The zero-order valence-corrected chi connectivity index (χ0v) is 17.8. The van der Waals surface area contributed by atoms with Crippen molar-refractivity contribution in [2.45, 2.75) is 0 Å². The lowest BCUT2D eigenvalue weighted by molar-refractivity contribution is 1.30. The third-order valence-corrected chi connectivity index (χ3v) is 4.87. The molecule has 0 aliphatic heterocycles. The molecular weight excluding hydrogens is 410 g/mol. The molecule has 7 heteroatoms. The quantitative estimate of drug-likeness (QED) is 0.292. The zero-order valence-electron chi connectivity index (χ0n) is 17.8. The van der Waals surface area contributed by atoms with Crippen LogP contribution in [-0.4, -0.2) is 19.9 Å². The maximum atomic E-state index is 5.72. The molecule has 3 heterocycles. The maximum Gasteiger partial charge on any atom is 0.112 e. The van der Waals surface area contributed by atoms with Gasteiger partial charge in [-0.05, 0) is 48.5 Å². The van der Waals surface area contributed by atoms with Gasteiger partial charge in [0.05, 0.1) is 27.9 Å². The van der Waals surface area contributed by atoms with Crippen LogP contribution in [0.25, 0.3) is 32.8 Å². The first-order valence-corrected chi connectivity index (χ1v) is 10.3. The summed E-state index contributed by atoms with van der Waals surface area (Å²) >= 11 is 0. The van der Waals surface area contributed by atoms with Crippen molar-refractivity contribution in [2.75, 3.05) is 17.2 Å². The van der Waals surface area contributed by atoms with Crippen LogP contribution in [0.5, 0.6) is 0 Å². The predicted molar refractivity (Wildman–Crippen MR) is 136 cm³/mol. The smallest absolute Gasteiger partial charge is 0.112 e. The van der Waals surface area contributed by atoms with Crippen molar-refractivity contribution in [3.05, 3.63) is 104 Å². The van der Waals surface area contributed by atoms with Crippen molar-refractivity contribution < 1.29 is 0 Å². The van der Waals surface area contributed by atoms with Crippen LogP contribution < -0.4 is 17.2 Å². The average Bonchev–Trinajstić information content (AvgIpc) is 2.86. The van der Waals surface area contributed by atoms with Gasteiger partial charge in [0.25, 0.3) is 0 Å². The number of anilines is 3. The molecule has 6 N–H and O–H groups in total. The first-order chi connectivity index (χ1) is 16.1. The maximum absolute atomic E-state index is 5.72. The first kappa shape index (κ1) is 21.5. The highest BCUT2D eigenvalue weighted by molar-refractivity contribution is 5.90. The van der Waals surface area contributed by atoms with E-state index < -0.39 is 0 Å². The number of hydrogen-bond donors (Lipinski definition) is 3. The molecule has 0 aliphatic carbocycles. The number of hydrogen-bond acceptors (Lipinski definition) is 7. The molecule has 3 aromatic heterocycles. The van der Waals surface area contributed by atoms with Gasteiger partial charge in [0.1, 0.15) is 5.52 Å². The zero-order chi connectivity index (χ0) is 23.0. The SMILES string of the molecule is Nc1cccc2cccnc12.Nc1cccc2ncccc12.Nc1cccc2nccnc12. The number of para-hydroxylation sites is 2. The highest BCUT2D eigenvalue weighted by atomic mass is 14.8. The molecule has 3 aromatic carbocycles. The fourth-order valence-electron chi connectivity index (χ4n) is 3.27. The number of benzene rings is 3. The second kappa shape index (κ2) is 10.0. The topological polar surface area (TPSA) is 130 Å². The molecule has 0 atom stereocenters. The van der Waals surface area contributed by atoms with E-state index in [4.69, 9.17) is 17.2 Å². The second-order valence-electron chi connectivity index (χ2n) is 7.11. The van der Waals surface area contributed by atoms with Crippen molar-refractivity contribution >= 4 is 49.9 Å². The molecule has 0 saturated heterocycles. The van der Waals surface area contributed by atoms with E-state index in [-0.39, 0.29) is 0 Å². The number of fused-ring (bicyclic) bond motifs is 3. The molecule has 162 valence electrons. The van der Waals surface area contributed by atoms with Gasteiger partial charge in [-0.15, -0.1) is 0 Å². The van der Waals surface area contributed by atoms with Crippen molar-refractivity contribution in [3.8, 4) is 0 Å². The molecule has 0 spiro atoms. The third-order valence-electron chi connectivity index (χ3n) is 4.87. The number of nitrogen functional groups attached to an aromatic ring is 3. The molecule has 0 bridgehead atoms. The predicted octanol–water partition coefficient (Wildman–Crippen LogP) is 4.85. The van der Waals surface area contributed by atoms with Gasteiger partial charge in [0.15, 0.2) is 0 Å². The summed E-state index contributed by atoms with van der Waals surface area (Å²) in [6, 6.07) is 24.9. The van der Waals surface area contributed by atoms with Gasteiger partial charge >= 0.3 is 0 Å². The molecule has 0 aliphatic rings. The van der Waals surface area contributed by atoms with Crippen molar-refractivity contribution in [1.82, 2.24) is 19.9 Å². The van der Waals surface area contributed by atoms with E-state index >= 15 is 0 Å². The third kappa shape index (κ3) is 5.11. The molecule has 33 heavy (non-hydrogen) atoms. The van der Waals surface area contributed by atoms with Crippen LogP contribution in [0, 0.1) is 0 Å². The van der Waals surface area contributed by atoms with E-state index in [0.29, 0.717) is 5.69 Å². The van der Waals surface area contributed by atoms with Gasteiger partial charge in [-0.2, -0.15) is 0 Å². The van der Waals surface area contributed by atoms with E-state index in [1.165, 1.54) is 0 Å². The Kier molecular flexibility index (Phi) is 6.51. The molecule has 0 radical (unpaired) electrons. The summed E-state index contributed by atoms with van der Waals surface area (Å²) in [7, 11) is 0. The summed E-state index contributed by atoms with van der Waals surface area (Å²) in [5.74, 6) is 0. The van der Waals surface area contributed by atoms with E-state index in [1.54, 1.807) is 24.8 Å². The standard InChI is InChI=1S/2C9H8N2.C8H7N3/c10-8-4-1-5-9-7(8)3-2-6-11-9;10-8-5-1-3-7-4-2-6-11-9(7)8;9-6-2-1-3-7-8(6)11-5-4-10-7/h2*1-6H,10H2;1-5H,9H2. The van der Waals surface area contributed by atoms with Crippen LogP contribution in [0.1, 0.15) is 0 Å². The number of aromatic nitrogens is 4. The van der Waals surface area contributed by atoms with Crippen LogP contribution in [-0.2, 0) is 0 Å². The molecular formula is C26H23N7. The summed E-state index contributed by atoms with van der Waals surface area (Å²) in [5, 5.41) is 2.11. The van der Waals surface area contributed by atoms with Crippen LogP contribution in [0.3, 0.4) is 0 Å². The Morgan fingerprint density at radius 2 is 0.970 bits per heavy atom. The normalized spacial score (nSPS) is 10.2. The highest BCUT2D eigenvalue weighted by Gasteiger charge is 1.96. The van der Waals surface area contributed by atoms with Crippen LogP contribution in [0.15, 0.2) is 104 Å². The monoisotopic (exact) mass is 433 g/mol. The Balaban J connectivity index is 0.000000118. The van der Waals surface area contributed by atoms with E-state index in [2.05, 4.69) is 19.9 Å². The largest absolute Gasteiger partial charge is 0.398 e. The van der Waals surface area contributed by atoms with Crippen molar-refractivity contribution in [3.63, 3.8) is 0 Å². The Morgan fingerprint density at radius 1 is 0.424 bits per heavy atom. The minimum atomic E-state index is 0.676. The summed E-state index contributed by atoms with van der Waals surface area (Å²) < 4.78 is 0. The van der Waals surface area contributed by atoms with Gasteiger partial charge in [-0.1, -0.05) is 30.3 Å². The lowest BCUT2D eigenvalue weighted by Gasteiger charge is -1.97. The summed E-state index contributed by atoms with van der Waals surface area (Å²) in [5.41, 5.74) is 22.7. The molecule has 6 rings (SSSR count). The molecule has 6 aromatic rings. The van der Waals surface area contributed by atoms with Gasteiger partial charge in [0.2, 0.25) is 0 Å². The lowest BCUT2D eigenvalue weighted by atomic mass is 10.2. The summed E-state index contributed by atoms with van der Waals surface area (Å²) in [6.07, 6.45) is 6.81. The Morgan fingerprint density at radius 3 is 1.73 bits per heavy atom. The Bertz CT molecular complexity index is 1320. The minimum absolute atomic E-state index is 0.676. The van der Waals surface area contributed by atoms with Crippen LogP contribution >= 0.6 is 0 Å². The number of rotatable bonds is 0. The molecule has 0 saturated carbocycles. The number of nitrogens with two attached hydrogens (primary N) is 3. The average molecular weight is 434 g/mol. The van der Waals surface area contributed by atoms with Crippen molar-refractivity contribution in [2.24, 2.45) is 0 Å². The van der Waals surface area contributed by atoms with E-state index in [9.17, 15) is 0 Å². The van der Waals surface area contributed by atoms with E-state index in [0.717, 1.165) is 44.2 Å². The van der Waals surface area contributed by atoms with E-state index in [1.807, 2.05) is 78.9 Å². The van der Waals surface area contributed by atoms with Gasteiger partial charge in [-0.3, -0.25) is 19.9 Å². The minimum Gasteiger partial charge on any atom is -0.398 e. The fraction of sp³-hybridized carbons (Fsp3) is 0. The fourth-order valence-corrected chi connectivity index (χ4v) is 3.27. The van der Waals surface area contributed by atoms with Crippen LogP contribution in [0.2, 0.25) is 0 Å². The summed E-state index contributed by atoms with van der Waals surface area (Å²) in [4.78, 5) is 16.5. The van der Waals surface area contributed by atoms with Crippen LogP contribution in [0.4, 0.5) is 17.1 Å². The van der Waals surface area contributed by atoms with Gasteiger partial charge in [-0.25, -0.2) is 0 Å². The molecule has 0 unspecified atom stereocenters. The Hall–Kier alpha value is -4.78. The highest BCUT2D eigenvalue weighted by Crippen LogP contribution is 2.18. The lowest BCUT2D eigenvalue weighted by Crippen LogP contribution is -1.89. The summed E-state index contributed by atoms with van der Waals surface area (Å²) in [6.45, 7) is 0. The van der Waals surface area contributed by atoms with Gasteiger partial charge < -0.3 is 17.2 Å². The number of pyridine rings is 2.